The van der Waals surface area contributed by atoms with Crippen LogP contribution in [0.2, 0.25) is 5.02 Å². The number of nitrogens with zero attached hydrogens (tertiary/aromatic N) is 2. The fraction of sp³-hybridized carbons (Fsp3) is 0.125. The average molecular weight is 542 g/mol. The molecule has 13 heteroatoms. The average Bonchev–Trinajstić information content (AvgIpc) is 2.81. The molecule has 1 amide bonds. The highest BCUT2D eigenvalue weighted by atomic mass is 35.5. The van der Waals surface area contributed by atoms with Crippen LogP contribution in [0.3, 0.4) is 0 Å². The topological polar surface area (TPSA) is 84.2 Å². The molecule has 0 unspecified atom stereocenters. The van der Waals surface area contributed by atoms with E-state index >= 15 is 0 Å². The highest BCUT2D eigenvalue weighted by Crippen LogP contribution is 2.40. The van der Waals surface area contributed by atoms with Gasteiger partial charge in [0.25, 0.3) is 11.5 Å². The van der Waals surface area contributed by atoms with Crippen LogP contribution in [0.15, 0.2) is 65.7 Å². The Morgan fingerprint density at radius 3 is 2.30 bits per heavy atom. The Balaban J connectivity index is 1.69. The number of amides is 1. The second kappa shape index (κ2) is 9.43. The Morgan fingerprint density at radius 2 is 1.68 bits per heavy atom. The molecule has 2 N–H and O–H groups in total. The van der Waals surface area contributed by atoms with Crippen LogP contribution in [0.25, 0.3) is 10.9 Å². The molecular formula is C24H14ClF6N3O3. The first-order chi connectivity index (χ1) is 17.3. The third-order valence-corrected chi connectivity index (χ3v) is 5.65. The maximum atomic E-state index is 13.2. The number of alkyl halides is 6. The molecule has 0 atom stereocenters. The first-order valence-corrected chi connectivity index (χ1v) is 10.7. The van der Waals surface area contributed by atoms with Crippen LogP contribution in [0, 0.1) is 0 Å². The van der Waals surface area contributed by atoms with Gasteiger partial charge < -0.3 is 10.4 Å². The van der Waals surface area contributed by atoms with Crippen LogP contribution in [-0.4, -0.2) is 20.6 Å². The van der Waals surface area contributed by atoms with Gasteiger partial charge in [-0.2, -0.15) is 26.3 Å². The lowest BCUT2D eigenvalue weighted by Crippen LogP contribution is -2.23. The number of halogens is 7. The van der Waals surface area contributed by atoms with Crippen molar-refractivity contribution < 1.29 is 36.2 Å². The monoisotopic (exact) mass is 541 g/mol. The molecule has 4 aromatic rings. The third kappa shape index (κ3) is 5.38. The number of aromatic hydroxyl groups is 1. The van der Waals surface area contributed by atoms with Gasteiger partial charge in [0.2, 0.25) is 0 Å². The molecule has 0 fully saturated rings. The molecule has 0 aliphatic carbocycles. The summed E-state index contributed by atoms with van der Waals surface area (Å²) in [7, 11) is 0. The molecule has 1 aromatic heterocycles. The zero-order valence-electron chi connectivity index (χ0n) is 18.3. The van der Waals surface area contributed by atoms with Crippen LogP contribution in [0.5, 0.6) is 5.75 Å². The number of aromatic nitrogens is 2. The number of phenolic OH excluding ortho intramolecular Hbond substituents is 1. The molecule has 1 heterocycles. The second-order valence-electron chi connectivity index (χ2n) is 7.88. The van der Waals surface area contributed by atoms with Crippen molar-refractivity contribution in [1.29, 1.82) is 0 Å². The minimum Gasteiger partial charge on any atom is -0.506 e. The SMILES string of the molecule is O=C(Nc1cccc2ncn(Cc3ccc(C(F)(F)F)cc3)c(=O)c12)c1cc(Cl)c(O)c(C(F)(F)F)c1. The van der Waals surface area contributed by atoms with Crippen molar-refractivity contribution in [3.05, 3.63) is 98.6 Å². The van der Waals surface area contributed by atoms with Crippen LogP contribution in [-0.2, 0) is 18.9 Å². The first kappa shape index (κ1) is 26.0. The molecule has 3 aromatic carbocycles. The third-order valence-electron chi connectivity index (χ3n) is 5.37. The molecule has 0 aliphatic rings. The largest absolute Gasteiger partial charge is 0.506 e. The van der Waals surface area contributed by atoms with Gasteiger partial charge in [0.05, 0.1) is 45.6 Å². The van der Waals surface area contributed by atoms with Crippen molar-refractivity contribution >= 4 is 34.1 Å². The van der Waals surface area contributed by atoms with E-state index in [1.165, 1.54) is 36.7 Å². The van der Waals surface area contributed by atoms with Crippen molar-refractivity contribution in [3.63, 3.8) is 0 Å². The number of nitrogens with one attached hydrogen (secondary N) is 1. The van der Waals surface area contributed by atoms with Crippen molar-refractivity contribution in [2.45, 2.75) is 18.9 Å². The summed E-state index contributed by atoms with van der Waals surface area (Å²) in [6.07, 6.45) is -8.32. The summed E-state index contributed by atoms with van der Waals surface area (Å²) >= 11 is 5.67. The number of hydrogen-bond acceptors (Lipinski definition) is 4. The van der Waals surface area contributed by atoms with Gasteiger partial charge in [-0.3, -0.25) is 14.2 Å². The summed E-state index contributed by atoms with van der Waals surface area (Å²) in [6.45, 7) is -0.134. The molecule has 0 spiro atoms. The Kier molecular flexibility index (Phi) is 6.63. The molecule has 0 aliphatic heterocycles. The summed E-state index contributed by atoms with van der Waals surface area (Å²) in [5, 5.41) is 11.2. The number of rotatable bonds is 4. The van der Waals surface area contributed by atoms with Crippen molar-refractivity contribution in [1.82, 2.24) is 9.55 Å². The van der Waals surface area contributed by atoms with Gasteiger partial charge in [-0.1, -0.05) is 29.8 Å². The summed E-state index contributed by atoms with van der Waals surface area (Å²) in [4.78, 5) is 30.1. The van der Waals surface area contributed by atoms with E-state index in [0.717, 1.165) is 22.8 Å². The number of phenols is 1. The van der Waals surface area contributed by atoms with Gasteiger partial charge >= 0.3 is 12.4 Å². The van der Waals surface area contributed by atoms with Gasteiger partial charge in [0.1, 0.15) is 5.75 Å². The molecule has 37 heavy (non-hydrogen) atoms. The smallest absolute Gasteiger partial charge is 0.420 e. The molecule has 192 valence electrons. The van der Waals surface area contributed by atoms with Crippen molar-refractivity contribution in [2.75, 3.05) is 5.32 Å². The van der Waals surface area contributed by atoms with E-state index in [1.807, 2.05) is 0 Å². The fourth-order valence-electron chi connectivity index (χ4n) is 3.55. The van der Waals surface area contributed by atoms with Gasteiger partial charge in [0, 0.05) is 5.56 Å². The zero-order chi connectivity index (χ0) is 27.1. The van der Waals surface area contributed by atoms with E-state index in [9.17, 15) is 41.0 Å². The molecule has 0 bridgehead atoms. The maximum Gasteiger partial charge on any atom is 0.420 e. The maximum absolute atomic E-state index is 13.2. The Bertz CT molecular complexity index is 1560. The van der Waals surface area contributed by atoms with Crippen LogP contribution in [0.4, 0.5) is 32.0 Å². The molecule has 4 rings (SSSR count). The number of hydrogen-bond donors (Lipinski definition) is 2. The Hall–Kier alpha value is -4.06. The number of carbonyl (C=O) groups excluding carboxylic acids is 1. The normalized spacial score (nSPS) is 12.1. The summed E-state index contributed by atoms with van der Waals surface area (Å²) in [5.74, 6) is -2.27. The lowest BCUT2D eigenvalue weighted by molar-refractivity contribution is -0.139. The van der Waals surface area contributed by atoms with Crippen molar-refractivity contribution in [2.24, 2.45) is 0 Å². The van der Waals surface area contributed by atoms with E-state index in [-0.39, 0.29) is 23.1 Å². The predicted molar refractivity (Wildman–Crippen MR) is 123 cm³/mol. The minimum atomic E-state index is -4.99. The fourth-order valence-corrected chi connectivity index (χ4v) is 3.77. The lowest BCUT2D eigenvalue weighted by Gasteiger charge is -2.14. The summed E-state index contributed by atoms with van der Waals surface area (Å²) in [6, 6.07) is 9.68. The van der Waals surface area contributed by atoms with E-state index in [2.05, 4.69) is 10.3 Å². The van der Waals surface area contributed by atoms with E-state index in [4.69, 9.17) is 11.6 Å². The van der Waals surface area contributed by atoms with Gasteiger partial charge in [-0.15, -0.1) is 0 Å². The standard InChI is InChI=1S/C24H14ClF6N3O3/c25-16-9-13(8-15(20(16)35)24(29,30)31)21(36)33-18-3-1-2-17-19(18)22(37)34(11-32-17)10-12-4-6-14(7-5-12)23(26,27)28/h1-9,11,35H,10H2,(H,33,36). The second-order valence-corrected chi connectivity index (χ2v) is 8.29. The molecule has 0 saturated heterocycles. The van der Waals surface area contributed by atoms with E-state index in [1.54, 1.807) is 0 Å². The number of fused-ring (bicyclic) bond motifs is 1. The summed E-state index contributed by atoms with van der Waals surface area (Å²) in [5.41, 5.74) is -3.08. The minimum absolute atomic E-state index is 0.0699. The Morgan fingerprint density at radius 1 is 1.00 bits per heavy atom. The highest BCUT2D eigenvalue weighted by molar-refractivity contribution is 6.32. The van der Waals surface area contributed by atoms with Gasteiger partial charge in [-0.05, 0) is 42.0 Å². The lowest BCUT2D eigenvalue weighted by atomic mass is 10.1. The number of benzene rings is 3. The molecular weight excluding hydrogens is 528 g/mol. The highest BCUT2D eigenvalue weighted by Gasteiger charge is 2.36. The number of anilines is 1. The van der Waals surface area contributed by atoms with Crippen LogP contribution < -0.4 is 10.9 Å². The van der Waals surface area contributed by atoms with Crippen LogP contribution >= 0.6 is 11.6 Å². The first-order valence-electron chi connectivity index (χ1n) is 10.3. The van der Waals surface area contributed by atoms with E-state index in [0.29, 0.717) is 11.6 Å². The summed E-state index contributed by atoms with van der Waals surface area (Å²) < 4.78 is 79.1. The molecule has 0 saturated carbocycles. The van der Waals surface area contributed by atoms with Crippen molar-refractivity contribution in [3.8, 4) is 5.75 Å². The molecule has 0 radical (unpaired) electrons. The Labute approximate surface area is 208 Å². The van der Waals surface area contributed by atoms with Gasteiger partial charge in [-0.25, -0.2) is 4.98 Å². The zero-order valence-corrected chi connectivity index (χ0v) is 19.0. The predicted octanol–water partition coefficient (Wildman–Crippen LogP) is 6.09. The quantitative estimate of drug-likeness (QED) is 0.306. The van der Waals surface area contributed by atoms with Gasteiger partial charge in [0.15, 0.2) is 0 Å². The number of carbonyl (C=O) groups is 1. The molecule has 6 nitrogen and oxygen atoms in total. The van der Waals surface area contributed by atoms with Crippen LogP contribution in [0.1, 0.15) is 27.0 Å². The van der Waals surface area contributed by atoms with E-state index < -0.39 is 51.3 Å².